The van der Waals surface area contributed by atoms with Gasteiger partial charge in [0.15, 0.2) is 0 Å². The van der Waals surface area contributed by atoms with Crippen molar-refractivity contribution in [3.05, 3.63) is 17.7 Å². The van der Waals surface area contributed by atoms with Crippen molar-refractivity contribution in [1.82, 2.24) is 9.27 Å². The van der Waals surface area contributed by atoms with Gasteiger partial charge in [-0.25, -0.2) is 4.79 Å². The van der Waals surface area contributed by atoms with Gasteiger partial charge in [-0.2, -0.15) is 4.37 Å². The highest BCUT2D eigenvalue weighted by atomic mass is 32.1. The van der Waals surface area contributed by atoms with Crippen LogP contribution in [0.25, 0.3) is 0 Å². The second-order valence-electron chi connectivity index (χ2n) is 4.07. The number of nitrogens with two attached hydrogens (primary N) is 1. The van der Waals surface area contributed by atoms with E-state index in [9.17, 15) is 9.59 Å². The number of carbonyl (C=O) groups excluding carboxylic acids is 2. The Bertz CT molecular complexity index is 511. The summed E-state index contributed by atoms with van der Waals surface area (Å²) in [5.74, 6) is -0.556. The van der Waals surface area contributed by atoms with Crippen LogP contribution in [0.2, 0.25) is 0 Å². The highest BCUT2D eigenvalue weighted by Crippen LogP contribution is 2.30. The smallest absolute Gasteiger partial charge is 0.321 e. The minimum atomic E-state index is -0.692. The number of ether oxygens (including phenoxy) is 1. The molecule has 0 saturated heterocycles. The number of anilines is 1. The lowest BCUT2D eigenvalue weighted by Gasteiger charge is -2.11. The van der Waals surface area contributed by atoms with E-state index < -0.39 is 5.91 Å². The molecule has 0 aliphatic heterocycles. The Morgan fingerprint density at radius 2 is 2.15 bits per heavy atom. The lowest BCUT2D eigenvalue weighted by Crippen LogP contribution is -2.28. The lowest BCUT2D eigenvalue weighted by molar-refractivity contribution is 0.0997. The number of hydrogen-bond donors (Lipinski definition) is 2. The van der Waals surface area contributed by atoms with Gasteiger partial charge in [0.2, 0.25) is 5.88 Å². The van der Waals surface area contributed by atoms with Crippen LogP contribution in [0.3, 0.4) is 0 Å². The summed E-state index contributed by atoms with van der Waals surface area (Å²) in [4.78, 5) is 24.4. The van der Waals surface area contributed by atoms with Crippen molar-refractivity contribution in [3.63, 3.8) is 0 Å². The number of amides is 3. The summed E-state index contributed by atoms with van der Waals surface area (Å²) in [7, 11) is 3.18. The summed E-state index contributed by atoms with van der Waals surface area (Å²) >= 11 is 0.955. The zero-order valence-electron chi connectivity index (χ0n) is 11.7. The SMILES string of the molecule is CCC=CCOc1nsc(NC(=O)N(C)C)c1C(N)=O. The van der Waals surface area contributed by atoms with Gasteiger partial charge in [-0.3, -0.25) is 10.1 Å². The molecule has 0 spiro atoms. The van der Waals surface area contributed by atoms with Gasteiger partial charge in [-0.05, 0) is 18.0 Å². The number of rotatable bonds is 6. The molecule has 0 aliphatic rings. The van der Waals surface area contributed by atoms with Gasteiger partial charge in [0.1, 0.15) is 17.2 Å². The average molecular weight is 298 g/mol. The predicted molar refractivity (Wildman–Crippen MR) is 78.3 cm³/mol. The van der Waals surface area contributed by atoms with E-state index in [1.165, 1.54) is 4.90 Å². The zero-order chi connectivity index (χ0) is 15.1. The van der Waals surface area contributed by atoms with E-state index >= 15 is 0 Å². The summed E-state index contributed by atoms with van der Waals surface area (Å²) in [6.07, 6.45) is 4.65. The Kier molecular flexibility index (Phi) is 5.98. The first kappa shape index (κ1) is 16.0. The van der Waals surface area contributed by atoms with Crippen molar-refractivity contribution in [2.75, 3.05) is 26.0 Å². The fourth-order valence-electron chi connectivity index (χ4n) is 1.25. The molecule has 0 aromatic carbocycles. The maximum absolute atomic E-state index is 11.6. The maximum Gasteiger partial charge on any atom is 0.321 e. The number of urea groups is 1. The Morgan fingerprint density at radius 3 is 2.70 bits per heavy atom. The van der Waals surface area contributed by atoms with Crippen molar-refractivity contribution in [3.8, 4) is 5.88 Å². The molecule has 1 aromatic heterocycles. The van der Waals surface area contributed by atoms with Crippen LogP contribution >= 0.6 is 11.5 Å². The largest absolute Gasteiger partial charge is 0.472 e. The fourth-order valence-corrected chi connectivity index (χ4v) is 1.98. The molecule has 20 heavy (non-hydrogen) atoms. The molecule has 1 rings (SSSR count). The molecule has 0 atom stereocenters. The molecule has 0 bridgehead atoms. The topological polar surface area (TPSA) is 97.6 Å². The van der Waals surface area contributed by atoms with E-state index in [0.29, 0.717) is 6.61 Å². The predicted octanol–water partition coefficient (Wildman–Crippen LogP) is 1.68. The van der Waals surface area contributed by atoms with Crippen LogP contribution < -0.4 is 15.8 Å². The third-order valence-corrected chi connectivity index (χ3v) is 3.00. The van der Waals surface area contributed by atoms with Gasteiger partial charge >= 0.3 is 6.03 Å². The van der Waals surface area contributed by atoms with E-state index in [2.05, 4.69) is 9.69 Å². The summed E-state index contributed by atoms with van der Waals surface area (Å²) in [6.45, 7) is 2.29. The van der Waals surface area contributed by atoms with Crippen molar-refractivity contribution in [2.24, 2.45) is 5.73 Å². The van der Waals surface area contributed by atoms with E-state index in [0.717, 1.165) is 18.0 Å². The number of primary amides is 1. The van der Waals surface area contributed by atoms with Gasteiger partial charge < -0.3 is 15.4 Å². The highest BCUT2D eigenvalue weighted by molar-refractivity contribution is 7.11. The average Bonchev–Trinajstić information content (AvgIpc) is 2.77. The lowest BCUT2D eigenvalue weighted by atomic mass is 10.3. The number of aromatic nitrogens is 1. The van der Waals surface area contributed by atoms with Gasteiger partial charge in [0.05, 0.1) is 0 Å². The van der Waals surface area contributed by atoms with Crippen LogP contribution in [0.5, 0.6) is 5.88 Å². The minimum absolute atomic E-state index is 0.0927. The van der Waals surface area contributed by atoms with Crippen molar-refractivity contribution < 1.29 is 14.3 Å². The molecule has 8 heteroatoms. The molecule has 3 amide bonds. The van der Waals surface area contributed by atoms with Crippen molar-refractivity contribution in [2.45, 2.75) is 13.3 Å². The first-order valence-electron chi connectivity index (χ1n) is 6.02. The number of nitrogens with one attached hydrogen (secondary N) is 1. The summed E-state index contributed by atoms with van der Waals surface area (Å²) in [6, 6.07) is -0.367. The second-order valence-corrected chi connectivity index (χ2v) is 4.84. The van der Waals surface area contributed by atoms with E-state index in [-0.39, 0.29) is 22.5 Å². The van der Waals surface area contributed by atoms with Crippen LogP contribution in [-0.2, 0) is 0 Å². The van der Waals surface area contributed by atoms with E-state index in [1.807, 2.05) is 19.1 Å². The molecule has 0 aliphatic carbocycles. The van der Waals surface area contributed by atoms with Crippen LogP contribution in [0, 0.1) is 0 Å². The normalized spacial score (nSPS) is 10.6. The van der Waals surface area contributed by atoms with Crippen molar-refractivity contribution in [1.29, 1.82) is 0 Å². The van der Waals surface area contributed by atoms with Gasteiger partial charge in [-0.15, -0.1) is 0 Å². The first-order valence-corrected chi connectivity index (χ1v) is 6.80. The molecular formula is C12H18N4O3S. The Balaban J connectivity index is 2.87. The summed E-state index contributed by atoms with van der Waals surface area (Å²) < 4.78 is 9.37. The summed E-state index contributed by atoms with van der Waals surface area (Å²) in [5, 5.41) is 2.84. The quantitative estimate of drug-likeness (QED) is 0.781. The monoisotopic (exact) mass is 298 g/mol. The Hall–Kier alpha value is -2.09. The molecule has 1 heterocycles. The molecule has 0 saturated carbocycles. The number of carbonyl (C=O) groups is 2. The molecule has 1 aromatic rings. The van der Waals surface area contributed by atoms with Gasteiger partial charge in [0.25, 0.3) is 5.91 Å². The third-order valence-electron chi connectivity index (χ3n) is 2.25. The molecule has 3 N–H and O–H groups in total. The molecule has 110 valence electrons. The third kappa shape index (κ3) is 4.23. The molecular weight excluding hydrogens is 280 g/mol. The molecule has 0 radical (unpaired) electrons. The van der Waals surface area contributed by atoms with Crippen LogP contribution in [-0.4, -0.2) is 41.9 Å². The number of hydrogen-bond acceptors (Lipinski definition) is 5. The van der Waals surface area contributed by atoms with Gasteiger partial charge in [-0.1, -0.05) is 19.1 Å². The zero-order valence-corrected chi connectivity index (χ0v) is 12.5. The van der Waals surface area contributed by atoms with Crippen molar-refractivity contribution >= 4 is 28.5 Å². The number of allylic oxidation sites excluding steroid dienone is 1. The highest BCUT2D eigenvalue weighted by Gasteiger charge is 2.22. The van der Waals surface area contributed by atoms with Crippen LogP contribution in [0.15, 0.2) is 12.2 Å². The van der Waals surface area contributed by atoms with E-state index in [1.54, 1.807) is 14.1 Å². The second kappa shape index (κ2) is 7.49. The Labute approximate surface area is 121 Å². The minimum Gasteiger partial charge on any atom is -0.472 e. The fraction of sp³-hybridized carbons (Fsp3) is 0.417. The molecule has 0 fully saturated rings. The maximum atomic E-state index is 11.6. The first-order chi connectivity index (χ1) is 9.47. The van der Waals surface area contributed by atoms with E-state index in [4.69, 9.17) is 10.5 Å². The summed E-state index contributed by atoms with van der Waals surface area (Å²) in [5.41, 5.74) is 5.40. The van der Waals surface area contributed by atoms with Gasteiger partial charge in [0, 0.05) is 14.1 Å². The van der Waals surface area contributed by atoms with Crippen LogP contribution in [0.1, 0.15) is 23.7 Å². The standard InChI is InChI=1S/C12H18N4O3S/c1-4-5-6-7-19-10-8(9(13)17)11(20-15-10)14-12(18)16(2)3/h5-6H,4,7H2,1-3H3,(H2,13,17)(H,14,18). The molecule has 7 nitrogen and oxygen atoms in total. The number of nitrogens with zero attached hydrogens (tertiary/aromatic N) is 2. The van der Waals surface area contributed by atoms with Crippen LogP contribution in [0.4, 0.5) is 9.80 Å². The Morgan fingerprint density at radius 1 is 1.45 bits per heavy atom. The molecule has 0 unspecified atom stereocenters.